The van der Waals surface area contributed by atoms with Gasteiger partial charge in [-0.15, -0.1) is 0 Å². The fraction of sp³-hybridized carbons (Fsp3) is 0.353. The number of aliphatic hydroxyl groups excluding tert-OH is 1. The van der Waals surface area contributed by atoms with Gasteiger partial charge in [-0.05, 0) is 16.3 Å². The Morgan fingerprint density at radius 1 is 1.19 bits per heavy atom. The highest BCUT2D eigenvalue weighted by Crippen LogP contribution is 2.18. The number of rotatable bonds is 4. The summed E-state index contributed by atoms with van der Waals surface area (Å²) in [5, 5.41) is 18.0. The van der Waals surface area contributed by atoms with E-state index in [1.165, 1.54) is 0 Å². The van der Waals surface area contributed by atoms with Gasteiger partial charge in [-0.3, -0.25) is 4.79 Å². The van der Waals surface area contributed by atoms with Crippen LogP contribution in [0.25, 0.3) is 10.8 Å². The van der Waals surface area contributed by atoms with Gasteiger partial charge in [0.05, 0.1) is 12.5 Å². The van der Waals surface area contributed by atoms with E-state index in [9.17, 15) is 9.90 Å². The van der Waals surface area contributed by atoms with Crippen LogP contribution >= 0.6 is 0 Å². The van der Waals surface area contributed by atoms with Crippen molar-refractivity contribution in [1.29, 1.82) is 0 Å². The third-order valence-corrected chi connectivity index (χ3v) is 4.10. The van der Waals surface area contributed by atoms with Crippen molar-refractivity contribution in [3.05, 3.63) is 48.0 Å². The molecule has 2 unspecified atom stereocenters. The SMILES string of the molecule is O=C(Cc1cccc2ccccc12)NCC1CNCC1O. The van der Waals surface area contributed by atoms with E-state index >= 15 is 0 Å². The smallest absolute Gasteiger partial charge is 0.224 e. The topological polar surface area (TPSA) is 61.4 Å². The molecule has 4 heteroatoms. The molecule has 0 spiro atoms. The summed E-state index contributed by atoms with van der Waals surface area (Å²) in [6.07, 6.45) is 0.0141. The lowest BCUT2D eigenvalue weighted by Gasteiger charge is -2.14. The van der Waals surface area contributed by atoms with Crippen molar-refractivity contribution >= 4 is 16.7 Å². The van der Waals surface area contributed by atoms with Gasteiger partial charge in [-0.1, -0.05) is 42.5 Å². The second-order valence-electron chi connectivity index (χ2n) is 5.60. The van der Waals surface area contributed by atoms with Crippen LogP contribution in [-0.4, -0.2) is 36.8 Å². The van der Waals surface area contributed by atoms with E-state index in [-0.39, 0.29) is 17.9 Å². The van der Waals surface area contributed by atoms with Gasteiger partial charge in [0, 0.05) is 25.6 Å². The van der Waals surface area contributed by atoms with E-state index in [0.717, 1.165) is 22.9 Å². The van der Waals surface area contributed by atoms with Gasteiger partial charge in [-0.2, -0.15) is 0 Å². The molecule has 1 amide bonds. The van der Waals surface area contributed by atoms with Crippen molar-refractivity contribution in [2.45, 2.75) is 12.5 Å². The molecule has 2 aromatic rings. The van der Waals surface area contributed by atoms with Crippen molar-refractivity contribution < 1.29 is 9.90 Å². The Morgan fingerprint density at radius 3 is 2.81 bits per heavy atom. The highest BCUT2D eigenvalue weighted by molar-refractivity contribution is 5.90. The Balaban J connectivity index is 1.63. The number of β-amino-alcohol motifs (C(OH)–C–C–N with tert-alkyl or cyclic N) is 1. The van der Waals surface area contributed by atoms with Crippen LogP contribution in [0.4, 0.5) is 0 Å². The van der Waals surface area contributed by atoms with Gasteiger partial charge in [0.25, 0.3) is 0 Å². The first-order valence-electron chi connectivity index (χ1n) is 7.36. The van der Waals surface area contributed by atoms with Gasteiger partial charge in [0.15, 0.2) is 0 Å². The number of aliphatic hydroxyl groups is 1. The van der Waals surface area contributed by atoms with Gasteiger partial charge >= 0.3 is 0 Å². The zero-order valence-electron chi connectivity index (χ0n) is 11.9. The molecule has 1 aliphatic heterocycles. The molecule has 1 aliphatic rings. The lowest BCUT2D eigenvalue weighted by atomic mass is 10.0. The molecule has 110 valence electrons. The highest BCUT2D eigenvalue weighted by atomic mass is 16.3. The molecular weight excluding hydrogens is 264 g/mol. The fourth-order valence-electron chi connectivity index (χ4n) is 2.85. The lowest BCUT2D eigenvalue weighted by Crippen LogP contribution is -2.35. The number of hydrogen-bond donors (Lipinski definition) is 3. The predicted molar refractivity (Wildman–Crippen MR) is 83.0 cm³/mol. The van der Waals surface area contributed by atoms with Crippen LogP contribution in [-0.2, 0) is 11.2 Å². The Bertz CT molecular complexity index is 636. The summed E-state index contributed by atoms with van der Waals surface area (Å²) >= 11 is 0. The summed E-state index contributed by atoms with van der Waals surface area (Å²) < 4.78 is 0. The predicted octanol–water partition coefficient (Wildman–Crippen LogP) is 1.08. The van der Waals surface area contributed by atoms with Crippen LogP contribution in [0.3, 0.4) is 0 Å². The van der Waals surface area contributed by atoms with E-state index in [4.69, 9.17) is 0 Å². The highest BCUT2D eigenvalue weighted by Gasteiger charge is 2.24. The Morgan fingerprint density at radius 2 is 2.00 bits per heavy atom. The quantitative estimate of drug-likeness (QED) is 0.787. The first-order chi connectivity index (χ1) is 10.2. The number of carbonyl (C=O) groups excluding carboxylic acids is 1. The minimum absolute atomic E-state index is 0.00505. The van der Waals surface area contributed by atoms with Crippen LogP contribution in [0.5, 0.6) is 0 Å². The third-order valence-electron chi connectivity index (χ3n) is 4.10. The molecule has 3 rings (SSSR count). The average molecular weight is 284 g/mol. The Labute approximate surface area is 124 Å². The van der Waals surface area contributed by atoms with Crippen LogP contribution in [0.15, 0.2) is 42.5 Å². The van der Waals surface area contributed by atoms with Crippen LogP contribution in [0, 0.1) is 5.92 Å². The molecular formula is C17H20N2O2. The summed E-state index contributed by atoms with van der Waals surface area (Å²) in [4.78, 5) is 12.1. The third kappa shape index (κ3) is 3.23. The standard InChI is InChI=1S/C17H20N2O2/c20-16-11-18-9-14(16)10-19-17(21)8-13-6-3-5-12-4-1-2-7-15(12)13/h1-7,14,16,18,20H,8-11H2,(H,19,21). The van der Waals surface area contributed by atoms with Crippen molar-refractivity contribution in [2.24, 2.45) is 5.92 Å². The summed E-state index contributed by atoms with van der Waals surface area (Å²) in [7, 11) is 0. The first kappa shape index (κ1) is 14.0. The molecule has 1 heterocycles. The molecule has 21 heavy (non-hydrogen) atoms. The molecule has 0 bridgehead atoms. The molecule has 1 fully saturated rings. The summed E-state index contributed by atoms with van der Waals surface area (Å²) in [5.74, 6) is 0.118. The molecule has 1 saturated heterocycles. The molecule has 0 saturated carbocycles. The van der Waals surface area contributed by atoms with Crippen molar-refractivity contribution in [2.75, 3.05) is 19.6 Å². The van der Waals surface area contributed by atoms with E-state index in [1.807, 2.05) is 30.3 Å². The summed E-state index contributed by atoms with van der Waals surface area (Å²) in [5.41, 5.74) is 1.04. The largest absolute Gasteiger partial charge is 0.391 e. The van der Waals surface area contributed by atoms with E-state index in [2.05, 4.69) is 22.8 Å². The molecule has 2 aromatic carbocycles. The normalized spacial score (nSPS) is 21.6. The number of hydrogen-bond acceptors (Lipinski definition) is 3. The van der Waals surface area contributed by atoms with Crippen molar-refractivity contribution in [3.8, 4) is 0 Å². The van der Waals surface area contributed by atoms with E-state index < -0.39 is 0 Å². The molecule has 2 atom stereocenters. The van der Waals surface area contributed by atoms with Gasteiger partial charge in [0.1, 0.15) is 0 Å². The maximum Gasteiger partial charge on any atom is 0.224 e. The molecule has 0 aromatic heterocycles. The van der Waals surface area contributed by atoms with E-state index in [0.29, 0.717) is 19.5 Å². The zero-order chi connectivity index (χ0) is 14.7. The second-order valence-corrected chi connectivity index (χ2v) is 5.60. The summed E-state index contributed by atoms with van der Waals surface area (Å²) in [6.45, 7) is 1.90. The number of carbonyl (C=O) groups is 1. The van der Waals surface area contributed by atoms with Crippen LogP contribution in [0.1, 0.15) is 5.56 Å². The number of benzene rings is 2. The second kappa shape index (κ2) is 6.24. The monoisotopic (exact) mass is 284 g/mol. The van der Waals surface area contributed by atoms with Crippen molar-refractivity contribution in [1.82, 2.24) is 10.6 Å². The minimum Gasteiger partial charge on any atom is -0.391 e. The van der Waals surface area contributed by atoms with Gasteiger partial charge in [-0.25, -0.2) is 0 Å². The fourth-order valence-corrected chi connectivity index (χ4v) is 2.85. The first-order valence-corrected chi connectivity index (χ1v) is 7.36. The van der Waals surface area contributed by atoms with Gasteiger partial charge in [0.2, 0.25) is 5.91 Å². The maximum absolute atomic E-state index is 12.1. The minimum atomic E-state index is -0.358. The summed E-state index contributed by atoms with van der Waals surface area (Å²) in [6, 6.07) is 14.1. The molecule has 3 N–H and O–H groups in total. The molecule has 4 nitrogen and oxygen atoms in total. The maximum atomic E-state index is 12.1. The Hall–Kier alpha value is -1.91. The van der Waals surface area contributed by atoms with Crippen LogP contribution in [0.2, 0.25) is 0 Å². The number of fused-ring (bicyclic) bond motifs is 1. The molecule has 0 radical (unpaired) electrons. The lowest BCUT2D eigenvalue weighted by molar-refractivity contribution is -0.120. The Kier molecular flexibility index (Phi) is 4.18. The van der Waals surface area contributed by atoms with Crippen LogP contribution < -0.4 is 10.6 Å². The number of nitrogens with one attached hydrogen (secondary N) is 2. The van der Waals surface area contributed by atoms with Crippen molar-refractivity contribution in [3.63, 3.8) is 0 Å². The zero-order valence-corrected chi connectivity index (χ0v) is 11.9. The number of amides is 1. The molecule has 0 aliphatic carbocycles. The van der Waals surface area contributed by atoms with E-state index in [1.54, 1.807) is 0 Å². The average Bonchev–Trinajstić information content (AvgIpc) is 2.91. The van der Waals surface area contributed by atoms with Gasteiger partial charge < -0.3 is 15.7 Å².